The molecular weight excluding hydrogens is 208 g/mol. The van der Waals surface area contributed by atoms with Crippen molar-refractivity contribution in [1.82, 2.24) is 0 Å². The lowest BCUT2D eigenvalue weighted by Crippen LogP contribution is -1.84. The van der Waals surface area contributed by atoms with Crippen LogP contribution in [0.15, 0.2) is 47.4 Å². The van der Waals surface area contributed by atoms with Gasteiger partial charge in [0, 0.05) is 11.0 Å². The van der Waals surface area contributed by atoms with Gasteiger partial charge in [0.2, 0.25) is 0 Å². The molecule has 0 atom stereocenters. The highest BCUT2D eigenvalue weighted by Gasteiger charge is 1.88. The summed E-state index contributed by atoms with van der Waals surface area (Å²) in [4.78, 5) is 11.4. The molecule has 0 radical (unpaired) electrons. The summed E-state index contributed by atoms with van der Waals surface area (Å²) in [7, 11) is 0. The van der Waals surface area contributed by atoms with Crippen LogP contribution in [0.25, 0.3) is 6.08 Å². The lowest BCUT2D eigenvalue weighted by Gasteiger charge is -1.95. The first-order chi connectivity index (χ1) is 7.22. The molecule has 2 nitrogen and oxygen atoms in total. The van der Waals surface area contributed by atoms with Crippen molar-refractivity contribution in [2.24, 2.45) is 0 Å². The second-order valence-corrected chi connectivity index (χ2v) is 3.71. The molecule has 0 saturated carbocycles. The summed E-state index contributed by atoms with van der Waals surface area (Å²) >= 11 is 1.69. The van der Waals surface area contributed by atoms with Crippen LogP contribution in [0.3, 0.4) is 0 Å². The van der Waals surface area contributed by atoms with E-state index in [0.29, 0.717) is 0 Å². The van der Waals surface area contributed by atoms with Gasteiger partial charge in [-0.25, -0.2) is 4.79 Å². The molecule has 0 amide bonds. The van der Waals surface area contributed by atoms with Gasteiger partial charge < -0.3 is 5.11 Å². The van der Waals surface area contributed by atoms with Gasteiger partial charge in [0.1, 0.15) is 0 Å². The Kier molecular flexibility index (Phi) is 4.71. The van der Waals surface area contributed by atoms with Gasteiger partial charge in [-0.05, 0) is 24.0 Å². The Hall–Kier alpha value is -1.48. The van der Waals surface area contributed by atoms with E-state index >= 15 is 0 Å². The molecule has 0 heterocycles. The van der Waals surface area contributed by atoms with Gasteiger partial charge in [-0.15, -0.1) is 11.8 Å². The first-order valence-corrected chi connectivity index (χ1v) is 5.66. The summed E-state index contributed by atoms with van der Waals surface area (Å²) in [5.41, 5.74) is 1.06. The van der Waals surface area contributed by atoms with Crippen LogP contribution in [0.2, 0.25) is 0 Å². The van der Waals surface area contributed by atoms with Gasteiger partial charge >= 0.3 is 5.97 Å². The Balaban J connectivity index is 2.61. The predicted octanol–water partition coefficient (Wildman–Crippen LogP) is 3.06. The summed E-state index contributed by atoms with van der Waals surface area (Å²) in [6.07, 6.45) is 8.21. The van der Waals surface area contributed by atoms with Crippen LogP contribution in [0, 0.1) is 0 Å². The third-order valence-electron chi connectivity index (χ3n) is 1.75. The zero-order valence-electron chi connectivity index (χ0n) is 8.38. The fourth-order valence-corrected chi connectivity index (χ4v) is 1.43. The lowest BCUT2D eigenvalue weighted by molar-refractivity contribution is -0.131. The number of hydrogen-bond donors (Lipinski definition) is 1. The van der Waals surface area contributed by atoms with Gasteiger partial charge in [-0.3, -0.25) is 0 Å². The average Bonchev–Trinajstić information content (AvgIpc) is 2.25. The molecule has 0 aliphatic rings. The maximum Gasteiger partial charge on any atom is 0.328 e. The summed E-state index contributed by atoms with van der Waals surface area (Å²) in [6, 6.07) is 8.06. The maximum atomic E-state index is 10.2. The minimum Gasteiger partial charge on any atom is -0.478 e. The molecule has 1 N–H and O–H groups in total. The Bertz CT molecular complexity index is 377. The van der Waals surface area contributed by atoms with Crippen LogP contribution < -0.4 is 0 Å². The van der Waals surface area contributed by atoms with Crippen LogP contribution in [0.4, 0.5) is 0 Å². The van der Waals surface area contributed by atoms with Gasteiger partial charge in [0.25, 0.3) is 0 Å². The predicted molar refractivity (Wildman–Crippen MR) is 64.0 cm³/mol. The van der Waals surface area contributed by atoms with Crippen molar-refractivity contribution < 1.29 is 9.90 Å². The zero-order chi connectivity index (χ0) is 11.1. The van der Waals surface area contributed by atoms with Gasteiger partial charge in [0.15, 0.2) is 0 Å². The highest BCUT2D eigenvalue weighted by Crippen LogP contribution is 2.15. The first-order valence-electron chi connectivity index (χ1n) is 4.44. The molecule has 0 spiro atoms. The Morgan fingerprint density at radius 1 is 1.27 bits per heavy atom. The smallest absolute Gasteiger partial charge is 0.328 e. The normalized spacial score (nSPS) is 11.3. The van der Waals surface area contributed by atoms with Crippen molar-refractivity contribution in [2.45, 2.75) is 4.90 Å². The standard InChI is InChI=1S/C12H12O2S/c1-15-11-8-6-10(7-9-11)4-2-3-5-12(13)14/h2-9H,1H3,(H,13,14). The summed E-state index contributed by atoms with van der Waals surface area (Å²) < 4.78 is 0. The minimum atomic E-state index is -0.933. The van der Waals surface area contributed by atoms with Gasteiger partial charge in [0.05, 0.1) is 0 Å². The van der Waals surface area contributed by atoms with Crippen molar-refractivity contribution in [1.29, 1.82) is 0 Å². The van der Waals surface area contributed by atoms with E-state index in [-0.39, 0.29) is 0 Å². The molecule has 3 heteroatoms. The first kappa shape index (κ1) is 11.6. The van der Waals surface area contributed by atoms with E-state index in [0.717, 1.165) is 11.6 Å². The molecule has 0 aliphatic heterocycles. The van der Waals surface area contributed by atoms with Gasteiger partial charge in [-0.2, -0.15) is 0 Å². The van der Waals surface area contributed by atoms with Crippen LogP contribution in [-0.2, 0) is 4.79 Å². The fraction of sp³-hybridized carbons (Fsp3) is 0.0833. The van der Waals surface area contributed by atoms with Crippen molar-refractivity contribution in [3.05, 3.63) is 48.1 Å². The van der Waals surface area contributed by atoms with E-state index in [2.05, 4.69) is 0 Å². The Labute approximate surface area is 93.3 Å². The number of carboxylic acid groups (broad SMARTS) is 1. The quantitative estimate of drug-likeness (QED) is 0.481. The number of thioether (sulfide) groups is 1. The second-order valence-electron chi connectivity index (χ2n) is 2.83. The highest BCUT2D eigenvalue weighted by atomic mass is 32.2. The molecule has 1 aromatic carbocycles. The Morgan fingerprint density at radius 2 is 1.93 bits per heavy atom. The number of allylic oxidation sites excluding steroid dienone is 2. The fourth-order valence-electron chi connectivity index (χ4n) is 1.02. The molecule has 0 bridgehead atoms. The second kappa shape index (κ2) is 6.09. The van der Waals surface area contributed by atoms with Crippen molar-refractivity contribution in [2.75, 3.05) is 6.26 Å². The summed E-state index contributed by atoms with van der Waals surface area (Å²) in [5.74, 6) is -0.933. The van der Waals surface area contributed by atoms with E-state index in [1.807, 2.05) is 36.6 Å². The highest BCUT2D eigenvalue weighted by molar-refractivity contribution is 7.98. The van der Waals surface area contributed by atoms with Crippen LogP contribution in [0.5, 0.6) is 0 Å². The molecule has 15 heavy (non-hydrogen) atoms. The molecule has 1 rings (SSSR count). The number of rotatable bonds is 4. The number of hydrogen-bond acceptors (Lipinski definition) is 2. The summed E-state index contributed by atoms with van der Waals surface area (Å²) in [5, 5.41) is 8.36. The number of benzene rings is 1. The van der Waals surface area contributed by atoms with E-state index in [1.54, 1.807) is 17.8 Å². The maximum absolute atomic E-state index is 10.2. The third kappa shape index (κ3) is 4.51. The number of carbonyl (C=O) groups is 1. The van der Waals surface area contributed by atoms with E-state index in [1.165, 1.54) is 11.0 Å². The number of carboxylic acids is 1. The third-order valence-corrected chi connectivity index (χ3v) is 2.50. The number of aliphatic carboxylic acids is 1. The molecule has 78 valence electrons. The SMILES string of the molecule is CSc1ccc(C=CC=CC(=O)O)cc1. The van der Waals surface area contributed by atoms with Crippen LogP contribution in [-0.4, -0.2) is 17.3 Å². The molecule has 0 unspecified atom stereocenters. The molecular formula is C12H12O2S. The molecule has 1 aromatic rings. The van der Waals surface area contributed by atoms with E-state index in [9.17, 15) is 4.79 Å². The molecule has 0 saturated heterocycles. The van der Waals surface area contributed by atoms with E-state index in [4.69, 9.17) is 5.11 Å². The van der Waals surface area contributed by atoms with Crippen LogP contribution >= 0.6 is 11.8 Å². The lowest BCUT2D eigenvalue weighted by atomic mass is 10.2. The van der Waals surface area contributed by atoms with E-state index < -0.39 is 5.97 Å². The zero-order valence-corrected chi connectivity index (χ0v) is 9.20. The van der Waals surface area contributed by atoms with Crippen molar-refractivity contribution in [3.8, 4) is 0 Å². The largest absolute Gasteiger partial charge is 0.478 e. The summed E-state index contributed by atoms with van der Waals surface area (Å²) in [6.45, 7) is 0. The molecule has 0 aromatic heterocycles. The van der Waals surface area contributed by atoms with Crippen LogP contribution in [0.1, 0.15) is 5.56 Å². The Morgan fingerprint density at radius 3 is 2.47 bits per heavy atom. The topological polar surface area (TPSA) is 37.3 Å². The van der Waals surface area contributed by atoms with Crippen molar-refractivity contribution in [3.63, 3.8) is 0 Å². The molecule has 0 aliphatic carbocycles. The minimum absolute atomic E-state index is 0.933. The van der Waals surface area contributed by atoms with Crippen molar-refractivity contribution >= 4 is 23.8 Å². The monoisotopic (exact) mass is 220 g/mol. The molecule has 0 fully saturated rings. The average molecular weight is 220 g/mol. The van der Waals surface area contributed by atoms with Gasteiger partial charge in [-0.1, -0.05) is 30.4 Å².